The first-order valence-electron chi connectivity index (χ1n) is 8.85. The fourth-order valence-electron chi connectivity index (χ4n) is 2.58. The van der Waals surface area contributed by atoms with Gasteiger partial charge in [0.05, 0.1) is 17.7 Å². The number of pyridine rings is 1. The first kappa shape index (κ1) is 21.2. The zero-order valence-electron chi connectivity index (χ0n) is 16.6. The van der Waals surface area contributed by atoms with Crippen LogP contribution >= 0.6 is 0 Å². The van der Waals surface area contributed by atoms with Crippen LogP contribution in [-0.4, -0.2) is 39.6 Å². The molecule has 0 spiro atoms. The van der Waals surface area contributed by atoms with E-state index in [0.717, 1.165) is 22.5 Å². The van der Waals surface area contributed by atoms with E-state index in [1.54, 1.807) is 47.8 Å². The van der Waals surface area contributed by atoms with Crippen molar-refractivity contribution in [2.24, 2.45) is 7.05 Å². The molecule has 0 aliphatic carbocycles. The van der Waals surface area contributed by atoms with E-state index in [1.807, 2.05) is 31.2 Å². The van der Waals surface area contributed by atoms with Gasteiger partial charge in [0.2, 0.25) is 0 Å². The molecule has 0 saturated carbocycles. The summed E-state index contributed by atoms with van der Waals surface area (Å²) in [6, 6.07) is 17.0. The molecule has 156 valence electrons. The third-order valence-electron chi connectivity index (χ3n) is 4.32. The number of rotatable bonds is 3. The number of hydrogen-bond donors (Lipinski definition) is 2. The normalized spacial score (nSPS) is 11.1. The molecule has 4 rings (SSSR count). The summed E-state index contributed by atoms with van der Waals surface area (Å²) in [5.41, 5.74) is 3.65. The predicted octanol–water partition coefficient (Wildman–Crippen LogP) is 2.49. The van der Waals surface area contributed by atoms with Gasteiger partial charge in [-0.2, -0.15) is 8.42 Å². The number of nitrogens with zero attached hydrogens (tertiary/aromatic N) is 4. The van der Waals surface area contributed by atoms with Crippen LogP contribution in [0, 0.1) is 12.3 Å². The van der Waals surface area contributed by atoms with Crippen LogP contribution < -0.4 is 10.2 Å². The molecule has 4 aromatic rings. The third kappa shape index (κ3) is 4.73. The van der Waals surface area contributed by atoms with Gasteiger partial charge in [0.15, 0.2) is 5.65 Å². The topological polar surface area (TPSA) is 123 Å². The maximum absolute atomic E-state index is 10.5. The number of aromatic nitrogens is 4. The van der Waals surface area contributed by atoms with Gasteiger partial charge in [-0.15, -0.1) is 15.0 Å². The van der Waals surface area contributed by atoms with Gasteiger partial charge in [-0.3, -0.25) is 9.96 Å². The Morgan fingerprint density at radius 3 is 2.17 bits per heavy atom. The standard InChI is InChI=1S/C13H13N5O.C7H8O3S/c1-17-12(14)8-7-11-13(17)16-18(15-11)9-3-5-10(19-2)6-4-9;1-6-2-4-7(5-3-6)11(8,9)10/h3-8,14H,1-2H3;2-5H,1H3,(H,8,9,10). The molecule has 30 heavy (non-hydrogen) atoms. The second-order valence-corrected chi connectivity index (χ2v) is 7.88. The van der Waals surface area contributed by atoms with Crippen molar-refractivity contribution in [1.29, 1.82) is 5.41 Å². The van der Waals surface area contributed by atoms with Crippen molar-refractivity contribution >= 4 is 21.3 Å². The Kier molecular flexibility index (Phi) is 5.99. The lowest BCUT2D eigenvalue weighted by Crippen LogP contribution is -2.15. The van der Waals surface area contributed by atoms with Gasteiger partial charge in [-0.05, 0) is 55.5 Å². The molecule has 0 fully saturated rings. The second-order valence-electron chi connectivity index (χ2n) is 6.46. The van der Waals surface area contributed by atoms with Gasteiger partial charge >= 0.3 is 0 Å². The van der Waals surface area contributed by atoms with E-state index in [0.29, 0.717) is 11.1 Å². The van der Waals surface area contributed by atoms with Crippen LogP contribution in [0.3, 0.4) is 0 Å². The van der Waals surface area contributed by atoms with Gasteiger partial charge in [-0.1, -0.05) is 17.7 Å². The second kappa shape index (κ2) is 8.47. The van der Waals surface area contributed by atoms with Crippen molar-refractivity contribution in [3.05, 3.63) is 71.7 Å². The molecular formula is C20H21N5O4S. The molecule has 9 nitrogen and oxygen atoms in total. The minimum absolute atomic E-state index is 0.0666. The Hall–Kier alpha value is -3.50. The van der Waals surface area contributed by atoms with Crippen LogP contribution in [0.1, 0.15) is 5.56 Å². The monoisotopic (exact) mass is 427 g/mol. The summed E-state index contributed by atoms with van der Waals surface area (Å²) in [4.78, 5) is 1.49. The van der Waals surface area contributed by atoms with E-state index >= 15 is 0 Å². The average molecular weight is 427 g/mol. The van der Waals surface area contributed by atoms with Gasteiger partial charge in [-0.25, -0.2) is 0 Å². The maximum Gasteiger partial charge on any atom is 0.294 e. The molecule has 2 N–H and O–H groups in total. The van der Waals surface area contributed by atoms with Crippen molar-refractivity contribution in [1.82, 2.24) is 19.6 Å². The molecule has 2 aromatic carbocycles. The summed E-state index contributed by atoms with van der Waals surface area (Å²) >= 11 is 0. The highest BCUT2D eigenvalue weighted by Crippen LogP contribution is 2.15. The van der Waals surface area contributed by atoms with Crippen LogP contribution in [0.5, 0.6) is 5.75 Å². The van der Waals surface area contributed by atoms with Gasteiger partial charge in [0.1, 0.15) is 16.8 Å². The van der Waals surface area contributed by atoms with Crippen molar-refractivity contribution in [3.8, 4) is 11.4 Å². The fourth-order valence-corrected chi connectivity index (χ4v) is 3.06. The summed E-state index contributed by atoms with van der Waals surface area (Å²) in [7, 11) is -0.586. The highest BCUT2D eigenvalue weighted by atomic mass is 32.2. The zero-order valence-corrected chi connectivity index (χ0v) is 17.5. The minimum atomic E-state index is -4.02. The van der Waals surface area contributed by atoms with Crippen LogP contribution in [-0.2, 0) is 17.2 Å². The quantitative estimate of drug-likeness (QED) is 0.484. The Bertz CT molecular complexity index is 1320. The van der Waals surface area contributed by atoms with Crippen LogP contribution in [0.2, 0.25) is 0 Å². The van der Waals surface area contributed by atoms with Crippen molar-refractivity contribution in [3.63, 3.8) is 0 Å². The highest BCUT2D eigenvalue weighted by molar-refractivity contribution is 7.85. The van der Waals surface area contributed by atoms with Crippen molar-refractivity contribution < 1.29 is 17.7 Å². The molecule has 0 radical (unpaired) electrons. The molecule has 10 heteroatoms. The first-order chi connectivity index (χ1) is 14.2. The largest absolute Gasteiger partial charge is 0.497 e. The lowest BCUT2D eigenvalue weighted by atomic mass is 10.2. The van der Waals surface area contributed by atoms with Crippen molar-refractivity contribution in [2.75, 3.05) is 7.11 Å². The lowest BCUT2D eigenvalue weighted by Gasteiger charge is -2.01. The number of fused-ring (bicyclic) bond motifs is 1. The molecule has 2 heterocycles. The van der Waals surface area contributed by atoms with Crippen LogP contribution in [0.25, 0.3) is 16.9 Å². The van der Waals surface area contributed by atoms with E-state index in [4.69, 9.17) is 14.7 Å². The number of ether oxygens (including phenoxy) is 1. The Morgan fingerprint density at radius 1 is 0.967 bits per heavy atom. The van der Waals surface area contributed by atoms with E-state index in [9.17, 15) is 8.42 Å². The lowest BCUT2D eigenvalue weighted by molar-refractivity contribution is 0.414. The summed E-state index contributed by atoms with van der Waals surface area (Å²) in [5.74, 6) is 0.791. The fraction of sp³-hybridized carbons (Fsp3) is 0.150. The Balaban J connectivity index is 0.000000199. The molecule has 0 aliphatic rings. The summed E-state index contributed by atoms with van der Waals surface area (Å²) in [5, 5.41) is 16.5. The number of hydrogen-bond acceptors (Lipinski definition) is 6. The molecular weight excluding hydrogens is 406 g/mol. The number of nitrogens with one attached hydrogen (secondary N) is 1. The number of methoxy groups -OCH3 is 1. The average Bonchev–Trinajstić information content (AvgIpc) is 3.16. The number of aryl methyl sites for hydroxylation is 2. The van der Waals surface area contributed by atoms with Crippen molar-refractivity contribution in [2.45, 2.75) is 11.8 Å². The number of benzene rings is 2. The van der Waals surface area contributed by atoms with E-state index in [-0.39, 0.29) is 4.90 Å². The third-order valence-corrected chi connectivity index (χ3v) is 5.19. The first-order valence-corrected chi connectivity index (χ1v) is 10.3. The van der Waals surface area contributed by atoms with E-state index < -0.39 is 10.1 Å². The van der Waals surface area contributed by atoms with Crippen LogP contribution in [0.15, 0.2) is 65.6 Å². The van der Waals surface area contributed by atoms with E-state index in [1.165, 1.54) is 12.1 Å². The molecule has 0 aliphatic heterocycles. The molecule has 0 bridgehead atoms. The summed E-state index contributed by atoms with van der Waals surface area (Å²) in [6.07, 6.45) is 0. The summed E-state index contributed by atoms with van der Waals surface area (Å²) < 4.78 is 36.4. The SMILES string of the molecule is COc1ccc(-n2nc3ccc(=N)n(C)c3n2)cc1.Cc1ccc(S(=O)(=O)O)cc1. The minimum Gasteiger partial charge on any atom is -0.497 e. The molecule has 2 aromatic heterocycles. The maximum atomic E-state index is 10.5. The predicted molar refractivity (Wildman–Crippen MR) is 111 cm³/mol. The Morgan fingerprint density at radius 2 is 1.60 bits per heavy atom. The summed E-state index contributed by atoms with van der Waals surface area (Å²) in [6.45, 7) is 1.84. The molecule has 0 amide bonds. The molecule has 0 unspecified atom stereocenters. The Labute approximate surface area is 173 Å². The van der Waals surface area contributed by atoms with Gasteiger partial charge < -0.3 is 9.30 Å². The highest BCUT2D eigenvalue weighted by Gasteiger charge is 2.08. The van der Waals surface area contributed by atoms with Crippen LogP contribution in [0.4, 0.5) is 0 Å². The molecule has 0 saturated heterocycles. The van der Waals surface area contributed by atoms with Gasteiger partial charge in [0.25, 0.3) is 10.1 Å². The smallest absolute Gasteiger partial charge is 0.294 e. The zero-order chi connectivity index (χ0) is 21.9. The van der Waals surface area contributed by atoms with Gasteiger partial charge in [0, 0.05) is 7.05 Å². The molecule has 0 atom stereocenters. The van der Waals surface area contributed by atoms with E-state index in [2.05, 4.69) is 10.2 Å².